The lowest BCUT2D eigenvalue weighted by molar-refractivity contribution is 1.28. The smallest absolute Gasteiger partial charge is 0.0203 e. The van der Waals surface area contributed by atoms with E-state index in [9.17, 15) is 0 Å². The third kappa shape index (κ3) is 3.02. The first kappa shape index (κ1) is 9.22. The minimum atomic E-state index is 0.929. The van der Waals surface area contributed by atoms with Gasteiger partial charge in [0.15, 0.2) is 0 Å². The van der Waals surface area contributed by atoms with Crippen molar-refractivity contribution in [1.82, 2.24) is 0 Å². The van der Waals surface area contributed by atoms with Gasteiger partial charge in [0.2, 0.25) is 0 Å². The van der Waals surface area contributed by atoms with Crippen LogP contribution in [-0.2, 0) is 0 Å². The Morgan fingerprint density at radius 1 is 1.25 bits per heavy atom. The summed E-state index contributed by atoms with van der Waals surface area (Å²) in [5, 5.41) is 3.04. The van der Waals surface area contributed by atoms with Crippen LogP contribution in [0.5, 0.6) is 0 Å². The van der Waals surface area contributed by atoms with Crippen molar-refractivity contribution in [2.24, 2.45) is 0 Å². The Balaban J connectivity index is 2.59. The minimum absolute atomic E-state index is 0.929. The van der Waals surface area contributed by atoms with Gasteiger partial charge in [-0.1, -0.05) is 30.5 Å². The maximum absolute atomic E-state index is 3.04. The highest BCUT2D eigenvalue weighted by Gasteiger charge is 1.88. The third-order valence-electron chi connectivity index (χ3n) is 1.44. The monoisotopic (exact) mass is 176 g/mol. The quantitative estimate of drug-likeness (QED) is 0.466. The molecule has 0 unspecified atom stereocenters. The number of thioether (sulfide) groups is 1. The lowest BCUT2D eigenvalue weighted by Gasteiger charge is -1.93. The van der Waals surface area contributed by atoms with Crippen molar-refractivity contribution < 1.29 is 0 Å². The van der Waals surface area contributed by atoms with Crippen molar-refractivity contribution in [2.45, 2.75) is 25.2 Å². The second-order valence-electron chi connectivity index (χ2n) is 2.55. The summed E-state index contributed by atoms with van der Waals surface area (Å²) >= 11 is 1.59. The number of hydrogen-bond acceptors (Lipinski definition) is 1. The maximum atomic E-state index is 3.04. The van der Waals surface area contributed by atoms with E-state index < -0.39 is 0 Å². The molecule has 0 fully saturated rings. The fraction of sp³-hybridized carbons (Fsp3) is 0.273. The van der Waals surface area contributed by atoms with Crippen LogP contribution < -0.4 is 0 Å². The topological polar surface area (TPSA) is 0 Å². The molecule has 62 valence electrons. The number of hydrogen-bond donors (Lipinski definition) is 0. The summed E-state index contributed by atoms with van der Waals surface area (Å²) in [5.74, 6) is 3.02. The van der Waals surface area contributed by atoms with Gasteiger partial charge in [-0.2, -0.15) is 0 Å². The number of benzene rings is 1. The van der Waals surface area contributed by atoms with Gasteiger partial charge in [0.1, 0.15) is 0 Å². The number of aryl methyl sites for hydroxylation is 1. The lowest BCUT2D eigenvalue weighted by atomic mass is 10.2. The molecule has 0 bridgehead atoms. The van der Waals surface area contributed by atoms with Crippen molar-refractivity contribution >= 4 is 11.8 Å². The molecule has 0 nitrogen and oxygen atoms in total. The zero-order valence-electron chi connectivity index (χ0n) is 7.42. The summed E-state index contributed by atoms with van der Waals surface area (Å²) in [5.41, 5.74) is 1.29. The molecule has 0 spiro atoms. The van der Waals surface area contributed by atoms with Crippen LogP contribution in [0.3, 0.4) is 0 Å². The van der Waals surface area contributed by atoms with E-state index in [1.807, 2.05) is 0 Å². The minimum Gasteiger partial charge on any atom is -0.0912 e. The van der Waals surface area contributed by atoms with Crippen LogP contribution in [0.2, 0.25) is 0 Å². The Labute approximate surface area is 78.4 Å². The van der Waals surface area contributed by atoms with Crippen molar-refractivity contribution in [3.63, 3.8) is 0 Å². The Morgan fingerprint density at radius 3 is 2.50 bits per heavy atom. The molecule has 0 aliphatic rings. The van der Waals surface area contributed by atoms with Gasteiger partial charge in [0.05, 0.1) is 0 Å². The molecule has 0 heterocycles. The molecular formula is C11H12S. The van der Waals surface area contributed by atoms with Gasteiger partial charge in [-0.15, -0.1) is 0 Å². The van der Waals surface area contributed by atoms with Crippen molar-refractivity contribution in [3.8, 4) is 11.2 Å². The molecule has 12 heavy (non-hydrogen) atoms. The third-order valence-corrected chi connectivity index (χ3v) is 2.19. The summed E-state index contributed by atoms with van der Waals surface area (Å²) in [4.78, 5) is 1.22. The Morgan fingerprint density at radius 2 is 1.92 bits per heavy atom. The first-order valence-electron chi connectivity index (χ1n) is 4.04. The van der Waals surface area contributed by atoms with E-state index in [1.54, 1.807) is 11.8 Å². The van der Waals surface area contributed by atoms with Crippen LogP contribution in [0, 0.1) is 18.1 Å². The average molecular weight is 176 g/mol. The molecular weight excluding hydrogens is 164 g/mol. The van der Waals surface area contributed by atoms with Gasteiger partial charge in [0.25, 0.3) is 0 Å². The van der Waals surface area contributed by atoms with E-state index in [1.165, 1.54) is 10.5 Å². The summed E-state index contributed by atoms with van der Waals surface area (Å²) < 4.78 is 0. The molecule has 1 aromatic carbocycles. The molecule has 0 aliphatic carbocycles. The molecule has 0 amide bonds. The standard InChI is InChI=1S/C11H12S/c1-3-4-9-12-11-7-5-10(2)6-8-11/h5-8H,3H2,1-2H3. The lowest BCUT2D eigenvalue weighted by Crippen LogP contribution is -1.70. The van der Waals surface area contributed by atoms with Crippen LogP contribution >= 0.6 is 11.8 Å². The predicted octanol–water partition coefficient (Wildman–Crippen LogP) is 3.46. The second-order valence-corrected chi connectivity index (χ2v) is 3.43. The molecule has 0 radical (unpaired) electrons. The summed E-state index contributed by atoms with van der Waals surface area (Å²) in [6.45, 7) is 4.15. The van der Waals surface area contributed by atoms with E-state index in [0.717, 1.165) is 6.42 Å². The highest BCUT2D eigenvalue weighted by molar-refractivity contribution is 8.03. The first-order chi connectivity index (χ1) is 5.83. The van der Waals surface area contributed by atoms with Crippen LogP contribution in [0.25, 0.3) is 0 Å². The average Bonchev–Trinajstić information content (AvgIpc) is 2.09. The van der Waals surface area contributed by atoms with Crippen LogP contribution in [0.1, 0.15) is 18.9 Å². The van der Waals surface area contributed by atoms with Crippen molar-refractivity contribution in [2.75, 3.05) is 0 Å². The van der Waals surface area contributed by atoms with E-state index in [4.69, 9.17) is 0 Å². The van der Waals surface area contributed by atoms with E-state index in [0.29, 0.717) is 0 Å². The molecule has 0 atom stereocenters. The Hall–Kier alpha value is -0.870. The SMILES string of the molecule is CCC#CSc1ccc(C)cc1. The van der Waals surface area contributed by atoms with Gasteiger partial charge in [0, 0.05) is 11.3 Å². The molecule has 0 N–H and O–H groups in total. The highest BCUT2D eigenvalue weighted by atomic mass is 32.2. The predicted molar refractivity (Wildman–Crippen MR) is 55.1 cm³/mol. The molecule has 1 heteroatoms. The Bertz CT molecular complexity index is 287. The molecule has 0 saturated carbocycles. The maximum Gasteiger partial charge on any atom is 0.0203 e. The van der Waals surface area contributed by atoms with Gasteiger partial charge >= 0.3 is 0 Å². The molecule has 0 aliphatic heterocycles. The normalized spacial score (nSPS) is 8.83. The Kier molecular flexibility index (Phi) is 3.76. The van der Waals surface area contributed by atoms with Crippen molar-refractivity contribution in [3.05, 3.63) is 29.8 Å². The van der Waals surface area contributed by atoms with Gasteiger partial charge in [-0.05, 0) is 36.1 Å². The summed E-state index contributed by atoms with van der Waals surface area (Å²) in [7, 11) is 0. The largest absolute Gasteiger partial charge is 0.0912 e. The second kappa shape index (κ2) is 4.90. The molecule has 0 saturated heterocycles. The van der Waals surface area contributed by atoms with Gasteiger partial charge in [-0.25, -0.2) is 0 Å². The van der Waals surface area contributed by atoms with Gasteiger partial charge < -0.3 is 0 Å². The van der Waals surface area contributed by atoms with Crippen LogP contribution in [0.4, 0.5) is 0 Å². The molecule has 0 aromatic heterocycles. The van der Waals surface area contributed by atoms with Gasteiger partial charge in [-0.3, -0.25) is 0 Å². The summed E-state index contributed by atoms with van der Waals surface area (Å²) in [6.07, 6.45) is 0.929. The molecule has 1 rings (SSSR count). The van der Waals surface area contributed by atoms with Crippen molar-refractivity contribution in [1.29, 1.82) is 0 Å². The van der Waals surface area contributed by atoms with E-state index in [2.05, 4.69) is 49.3 Å². The fourth-order valence-corrected chi connectivity index (χ4v) is 1.38. The van der Waals surface area contributed by atoms with E-state index >= 15 is 0 Å². The van der Waals surface area contributed by atoms with E-state index in [-0.39, 0.29) is 0 Å². The number of rotatable bonds is 1. The zero-order valence-corrected chi connectivity index (χ0v) is 8.24. The first-order valence-corrected chi connectivity index (χ1v) is 4.86. The fourth-order valence-electron chi connectivity index (χ4n) is 0.773. The highest BCUT2D eigenvalue weighted by Crippen LogP contribution is 2.16. The summed E-state index contributed by atoms with van der Waals surface area (Å²) in [6, 6.07) is 8.42. The zero-order chi connectivity index (χ0) is 8.81. The van der Waals surface area contributed by atoms with Crippen LogP contribution in [0.15, 0.2) is 29.2 Å². The molecule has 1 aromatic rings. The van der Waals surface area contributed by atoms with Crippen LogP contribution in [-0.4, -0.2) is 0 Å².